The molecule has 0 radical (unpaired) electrons. The third kappa shape index (κ3) is 7.33. The van der Waals surface area contributed by atoms with Crippen molar-refractivity contribution in [1.29, 1.82) is 0 Å². The van der Waals surface area contributed by atoms with Gasteiger partial charge >= 0.3 is 0 Å². The summed E-state index contributed by atoms with van der Waals surface area (Å²) in [5.74, 6) is 0.0759. The van der Waals surface area contributed by atoms with Crippen LogP contribution in [0, 0.1) is 0 Å². The van der Waals surface area contributed by atoms with Crippen LogP contribution in [0.25, 0.3) is 0 Å². The van der Waals surface area contributed by atoms with E-state index in [1.165, 1.54) is 6.26 Å². The lowest BCUT2D eigenvalue weighted by Crippen LogP contribution is -2.39. The Morgan fingerprint density at radius 1 is 1.27 bits per heavy atom. The molecule has 0 fully saturated rings. The first-order valence-electron chi connectivity index (χ1n) is 5.07. The number of nitrogens with zero attached hydrogens (tertiary/aromatic N) is 1. The standard InChI is InChI=1S/C9H20N2O3S/c1-4-11(5-2)9(12)8-10-6-7-15(3,13)14/h10H,4-8H2,1-3H3. The predicted molar refractivity (Wildman–Crippen MR) is 60.5 cm³/mol. The summed E-state index contributed by atoms with van der Waals surface area (Å²) in [6, 6.07) is 0. The molecule has 0 aliphatic carbocycles. The van der Waals surface area contributed by atoms with Gasteiger partial charge in [-0.1, -0.05) is 0 Å². The summed E-state index contributed by atoms with van der Waals surface area (Å²) in [5, 5.41) is 2.82. The minimum Gasteiger partial charge on any atom is -0.342 e. The van der Waals surface area contributed by atoms with Crippen LogP contribution in [0.3, 0.4) is 0 Å². The first-order chi connectivity index (χ1) is 6.90. The zero-order chi connectivity index (χ0) is 11.9. The van der Waals surface area contributed by atoms with Gasteiger partial charge in [-0.3, -0.25) is 4.79 Å². The fourth-order valence-electron chi connectivity index (χ4n) is 1.14. The molecule has 15 heavy (non-hydrogen) atoms. The zero-order valence-electron chi connectivity index (χ0n) is 9.62. The highest BCUT2D eigenvalue weighted by Crippen LogP contribution is 1.87. The normalized spacial score (nSPS) is 11.4. The molecule has 0 bridgehead atoms. The van der Waals surface area contributed by atoms with Gasteiger partial charge in [-0.25, -0.2) is 8.42 Å². The monoisotopic (exact) mass is 236 g/mol. The van der Waals surface area contributed by atoms with Crippen LogP contribution in [-0.2, 0) is 14.6 Å². The van der Waals surface area contributed by atoms with Gasteiger partial charge in [0.25, 0.3) is 0 Å². The lowest BCUT2D eigenvalue weighted by Gasteiger charge is -2.18. The maximum absolute atomic E-state index is 11.4. The summed E-state index contributed by atoms with van der Waals surface area (Å²) >= 11 is 0. The fraction of sp³-hybridized carbons (Fsp3) is 0.889. The van der Waals surface area contributed by atoms with Gasteiger partial charge in [0.15, 0.2) is 0 Å². The van der Waals surface area contributed by atoms with Crippen LogP contribution in [0.1, 0.15) is 13.8 Å². The van der Waals surface area contributed by atoms with Gasteiger partial charge < -0.3 is 10.2 Å². The quantitative estimate of drug-likeness (QED) is 0.605. The van der Waals surface area contributed by atoms with Crippen LogP contribution < -0.4 is 5.32 Å². The van der Waals surface area contributed by atoms with Crippen molar-refractivity contribution in [2.45, 2.75) is 13.8 Å². The van der Waals surface area contributed by atoms with Crippen LogP contribution in [0.4, 0.5) is 0 Å². The molecule has 90 valence electrons. The van der Waals surface area contributed by atoms with Crippen LogP contribution in [0.5, 0.6) is 0 Å². The van der Waals surface area contributed by atoms with Crippen molar-refractivity contribution in [3.8, 4) is 0 Å². The maximum atomic E-state index is 11.4. The SMILES string of the molecule is CCN(CC)C(=O)CNCCS(C)(=O)=O. The molecule has 0 aromatic rings. The van der Waals surface area contributed by atoms with E-state index in [4.69, 9.17) is 0 Å². The number of hydrogen-bond acceptors (Lipinski definition) is 4. The van der Waals surface area contributed by atoms with Crippen LogP contribution >= 0.6 is 0 Å². The van der Waals surface area contributed by atoms with E-state index in [0.29, 0.717) is 19.6 Å². The molecule has 0 atom stereocenters. The number of carbonyl (C=O) groups excluding carboxylic acids is 1. The second-order valence-electron chi connectivity index (χ2n) is 3.37. The van der Waals surface area contributed by atoms with E-state index in [1.807, 2.05) is 13.8 Å². The highest BCUT2D eigenvalue weighted by molar-refractivity contribution is 7.90. The number of amides is 1. The Kier molecular flexibility index (Phi) is 6.51. The number of rotatable bonds is 7. The Labute approximate surface area is 91.8 Å². The van der Waals surface area contributed by atoms with Crippen molar-refractivity contribution >= 4 is 15.7 Å². The largest absolute Gasteiger partial charge is 0.342 e. The molecule has 0 rings (SSSR count). The molecule has 0 saturated carbocycles. The van der Waals surface area contributed by atoms with Gasteiger partial charge in [-0.2, -0.15) is 0 Å². The zero-order valence-corrected chi connectivity index (χ0v) is 10.4. The molecular formula is C9H20N2O3S. The second kappa shape index (κ2) is 6.79. The molecular weight excluding hydrogens is 216 g/mol. The van der Waals surface area contributed by atoms with Gasteiger partial charge in [0, 0.05) is 25.9 Å². The number of nitrogens with one attached hydrogen (secondary N) is 1. The van der Waals surface area contributed by atoms with Crippen molar-refractivity contribution in [2.24, 2.45) is 0 Å². The van der Waals surface area contributed by atoms with E-state index in [9.17, 15) is 13.2 Å². The van der Waals surface area contributed by atoms with Crippen LogP contribution in [-0.4, -0.2) is 57.4 Å². The van der Waals surface area contributed by atoms with E-state index in [0.717, 1.165) is 0 Å². The molecule has 0 aliphatic heterocycles. The van der Waals surface area contributed by atoms with E-state index < -0.39 is 9.84 Å². The predicted octanol–water partition coefficient (Wildman–Crippen LogP) is -0.511. The van der Waals surface area contributed by atoms with E-state index >= 15 is 0 Å². The molecule has 0 heterocycles. The Morgan fingerprint density at radius 3 is 2.20 bits per heavy atom. The fourth-order valence-corrected chi connectivity index (χ4v) is 1.66. The Balaban J connectivity index is 3.73. The molecule has 0 aromatic carbocycles. The first kappa shape index (κ1) is 14.4. The molecule has 6 heteroatoms. The van der Waals surface area contributed by atoms with E-state index in [-0.39, 0.29) is 18.2 Å². The molecule has 0 aromatic heterocycles. The molecule has 0 aliphatic rings. The van der Waals surface area contributed by atoms with Crippen molar-refractivity contribution in [3.05, 3.63) is 0 Å². The van der Waals surface area contributed by atoms with E-state index in [1.54, 1.807) is 4.90 Å². The highest BCUT2D eigenvalue weighted by atomic mass is 32.2. The smallest absolute Gasteiger partial charge is 0.236 e. The average Bonchev–Trinajstić information content (AvgIpc) is 2.13. The molecule has 5 nitrogen and oxygen atoms in total. The van der Waals surface area contributed by atoms with Crippen LogP contribution in [0.15, 0.2) is 0 Å². The minimum atomic E-state index is -2.94. The molecule has 0 spiro atoms. The summed E-state index contributed by atoms with van der Waals surface area (Å²) < 4.78 is 21.6. The minimum absolute atomic E-state index is 0.00787. The van der Waals surface area contributed by atoms with Crippen molar-refractivity contribution in [1.82, 2.24) is 10.2 Å². The third-order valence-electron chi connectivity index (χ3n) is 2.04. The van der Waals surface area contributed by atoms with Crippen molar-refractivity contribution in [2.75, 3.05) is 38.2 Å². The van der Waals surface area contributed by atoms with Gasteiger partial charge in [0.1, 0.15) is 9.84 Å². The van der Waals surface area contributed by atoms with E-state index in [2.05, 4.69) is 5.32 Å². The lowest BCUT2D eigenvalue weighted by molar-refractivity contribution is -0.129. The topological polar surface area (TPSA) is 66.5 Å². The van der Waals surface area contributed by atoms with Gasteiger partial charge in [-0.15, -0.1) is 0 Å². The number of carbonyl (C=O) groups is 1. The summed E-state index contributed by atoms with van der Waals surface area (Å²) in [7, 11) is -2.94. The summed E-state index contributed by atoms with van der Waals surface area (Å²) in [5.41, 5.74) is 0. The highest BCUT2D eigenvalue weighted by Gasteiger charge is 2.08. The van der Waals surface area contributed by atoms with Crippen molar-refractivity contribution < 1.29 is 13.2 Å². The Morgan fingerprint density at radius 2 is 1.80 bits per heavy atom. The number of sulfone groups is 1. The molecule has 0 unspecified atom stereocenters. The maximum Gasteiger partial charge on any atom is 0.236 e. The Bertz CT molecular complexity index is 284. The van der Waals surface area contributed by atoms with Gasteiger partial charge in [-0.05, 0) is 13.8 Å². The average molecular weight is 236 g/mol. The third-order valence-corrected chi connectivity index (χ3v) is 2.99. The summed E-state index contributed by atoms with van der Waals surface area (Å²) in [6.45, 7) is 5.73. The van der Waals surface area contributed by atoms with Crippen molar-refractivity contribution in [3.63, 3.8) is 0 Å². The first-order valence-corrected chi connectivity index (χ1v) is 7.13. The van der Waals surface area contributed by atoms with Gasteiger partial charge in [0.05, 0.1) is 12.3 Å². The van der Waals surface area contributed by atoms with Gasteiger partial charge in [0.2, 0.25) is 5.91 Å². The Hall–Kier alpha value is -0.620. The lowest BCUT2D eigenvalue weighted by atomic mass is 10.4. The molecule has 1 N–H and O–H groups in total. The number of hydrogen-bond donors (Lipinski definition) is 1. The van der Waals surface area contributed by atoms with Crippen LogP contribution in [0.2, 0.25) is 0 Å². The summed E-state index contributed by atoms with van der Waals surface area (Å²) in [4.78, 5) is 13.1. The molecule has 1 amide bonds. The second-order valence-corrected chi connectivity index (χ2v) is 5.63. The summed E-state index contributed by atoms with van der Waals surface area (Å²) in [6.07, 6.45) is 1.18. The number of likely N-dealkylation sites (N-methyl/N-ethyl adjacent to an activating group) is 1. The molecule has 0 saturated heterocycles.